The Balaban J connectivity index is 2.63. The summed E-state index contributed by atoms with van der Waals surface area (Å²) in [6.07, 6.45) is 2.24. The smallest absolute Gasteiger partial charge is 0.119 e. The van der Waals surface area contributed by atoms with Crippen LogP contribution in [0.2, 0.25) is 0 Å². The first kappa shape index (κ1) is 10.7. The minimum absolute atomic E-state index is 0.255. The van der Waals surface area contributed by atoms with E-state index in [-0.39, 0.29) is 6.10 Å². The van der Waals surface area contributed by atoms with Crippen molar-refractivity contribution in [2.24, 2.45) is 5.18 Å². The number of ether oxygens (including phenoxy) is 1. The van der Waals surface area contributed by atoms with Gasteiger partial charge in [0.05, 0.1) is 6.10 Å². The average molecular weight is 193 g/mol. The first-order chi connectivity index (χ1) is 6.80. The van der Waals surface area contributed by atoms with Crippen molar-refractivity contribution in [2.75, 3.05) is 0 Å². The molecule has 1 aromatic carbocycles. The standard InChI is InChI=1S/C11H15NO2/c1-3-10(4-2)14-11-7-5-9(12-13)6-8-11/h5-8,10H,3-4H2,1-2H3. The summed E-state index contributed by atoms with van der Waals surface area (Å²) in [5.74, 6) is 0.797. The van der Waals surface area contributed by atoms with Gasteiger partial charge in [0.2, 0.25) is 0 Å². The van der Waals surface area contributed by atoms with Crippen LogP contribution in [-0.2, 0) is 0 Å². The van der Waals surface area contributed by atoms with Gasteiger partial charge < -0.3 is 4.74 Å². The van der Waals surface area contributed by atoms with E-state index in [2.05, 4.69) is 19.0 Å². The predicted molar refractivity (Wildman–Crippen MR) is 56.9 cm³/mol. The normalized spacial score (nSPS) is 10.2. The largest absolute Gasteiger partial charge is 0.490 e. The van der Waals surface area contributed by atoms with E-state index in [0.717, 1.165) is 18.6 Å². The van der Waals surface area contributed by atoms with E-state index in [1.54, 1.807) is 24.3 Å². The van der Waals surface area contributed by atoms with Gasteiger partial charge in [-0.15, -0.1) is 4.91 Å². The summed E-state index contributed by atoms with van der Waals surface area (Å²) in [4.78, 5) is 10.2. The highest BCUT2D eigenvalue weighted by atomic mass is 16.5. The van der Waals surface area contributed by atoms with Gasteiger partial charge in [0.15, 0.2) is 0 Å². The molecule has 0 aromatic heterocycles. The molecule has 3 heteroatoms. The maximum atomic E-state index is 10.2. The molecular formula is C11H15NO2. The van der Waals surface area contributed by atoms with Gasteiger partial charge in [0.25, 0.3) is 0 Å². The summed E-state index contributed by atoms with van der Waals surface area (Å²) in [5.41, 5.74) is 0.432. The number of nitroso groups, excluding NO2 is 1. The molecule has 0 spiro atoms. The van der Waals surface area contributed by atoms with Crippen molar-refractivity contribution in [1.29, 1.82) is 0 Å². The number of hydrogen-bond donors (Lipinski definition) is 0. The Morgan fingerprint density at radius 1 is 1.21 bits per heavy atom. The van der Waals surface area contributed by atoms with Gasteiger partial charge in [-0.25, -0.2) is 0 Å². The topological polar surface area (TPSA) is 38.7 Å². The minimum Gasteiger partial charge on any atom is -0.490 e. The summed E-state index contributed by atoms with van der Waals surface area (Å²) in [6, 6.07) is 6.86. The monoisotopic (exact) mass is 193 g/mol. The van der Waals surface area contributed by atoms with Crippen LogP contribution in [0.3, 0.4) is 0 Å². The van der Waals surface area contributed by atoms with E-state index in [1.807, 2.05) is 0 Å². The van der Waals surface area contributed by atoms with Crippen LogP contribution in [0, 0.1) is 4.91 Å². The van der Waals surface area contributed by atoms with Crippen LogP contribution in [0.1, 0.15) is 26.7 Å². The second kappa shape index (κ2) is 5.37. The van der Waals surface area contributed by atoms with Crippen molar-refractivity contribution in [3.63, 3.8) is 0 Å². The molecule has 1 rings (SSSR count). The van der Waals surface area contributed by atoms with Crippen molar-refractivity contribution in [3.8, 4) is 5.75 Å². The molecule has 0 unspecified atom stereocenters. The zero-order valence-corrected chi connectivity index (χ0v) is 8.56. The van der Waals surface area contributed by atoms with Crippen LogP contribution in [-0.4, -0.2) is 6.10 Å². The Bertz CT molecular complexity index is 278. The maximum Gasteiger partial charge on any atom is 0.119 e. The van der Waals surface area contributed by atoms with Crippen LogP contribution >= 0.6 is 0 Å². The number of hydrogen-bond acceptors (Lipinski definition) is 3. The molecule has 76 valence electrons. The number of nitrogens with zero attached hydrogens (tertiary/aromatic N) is 1. The lowest BCUT2D eigenvalue weighted by molar-refractivity contribution is 0.193. The highest BCUT2D eigenvalue weighted by molar-refractivity contribution is 5.40. The lowest BCUT2D eigenvalue weighted by atomic mass is 10.2. The highest BCUT2D eigenvalue weighted by Crippen LogP contribution is 2.19. The Morgan fingerprint density at radius 2 is 1.79 bits per heavy atom. The van der Waals surface area contributed by atoms with Crippen LogP contribution in [0.5, 0.6) is 5.75 Å². The van der Waals surface area contributed by atoms with Crippen molar-refractivity contribution in [2.45, 2.75) is 32.8 Å². The molecule has 0 amide bonds. The summed E-state index contributed by atoms with van der Waals surface area (Å²) in [5, 5.41) is 2.83. The van der Waals surface area contributed by atoms with E-state index < -0.39 is 0 Å². The average Bonchev–Trinajstić information content (AvgIpc) is 2.26. The van der Waals surface area contributed by atoms with Crippen molar-refractivity contribution < 1.29 is 4.74 Å². The lowest BCUT2D eigenvalue weighted by Gasteiger charge is -2.15. The van der Waals surface area contributed by atoms with E-state index in [0.29, 0.717) is 5.69 Å². The third kappa shape index (κ3) is 2.83. The summed E-state index contributed by atoms with van der Waals surface area (Å²) in [6.45, 7) is 4.19. The molecule has 3 nitrogen and oxygen atoms in total. The van der Waals surface area contributed by atoms with Crippen molar-refractivity contribution in [1.82, 2.24) is 0 Å². The fourth-order valence-electron chi connectivity index (χ4n) is 1.23. The number of rotatable bonds is 5. The van der Waals surface area contributed by atoms with Gasteiger partial charge >= 0.3 is 0 Å². The summed E-state index contributed by atoms with van der Waals surface area (Å²) in [7, 11) is 0. The fourth-order valence-corrected chi connectivity index (χ4v) is 1.23. The van der Waals surface area contributed by atoms with Gasteiger partial charge in [-0.2, -0.15) is 0 Å². The van der Waals surface area contributed by atoms with E-state index >= 15 is 0 Å². The molecule has 0 N–H and O–H groups in total. The Hall–Kier alpha value is -1.38. The Kier molecular flexibility index (Phi) is 4.11. The molecule has 0 saturated carbocycles. The first-order valence-corrected chi connectivity index (χ1v) is 4.90. The molecule has 0 fully saturated rings. The van der Waals surface area contributed by atoms with E-state index in [1.165, 1.54) is 0 Å². The highest BCUT2D eigenvalue weighted by Gasteiger charge is 2.04. The molecule has 0 atom stereocenters. The molecule has 14 heavy (non-hydrogen) atoms. The van der Waals surface area contributed by atoms with Gasteiger partial charge in [0.1, 0.15) is 11.4 Å². The molecule has 0 heterocycles. The Labute approximate surface area is 84.1 Å². The van der Waals surface area contributed by atoms with E-state index in [9.17, 15) is 4.91 Å². The van der Waals surface area contributed by atoms with Crippen molar-refractivity contribution in [3.05, 3.63) is 29.2 Å². The predicted octanol–water partition coefficient (Wildman–Crippen LogP) is 3.65. The molecule has 0 saturated heterocycles. The molecule has 0 bridgehead atoms. The van der Waals surface area contributed by atoms with Crippen LogP contribution in [0.25, 0.3) is 0 Å². The first-order valence-electron chi connectivity index (χ1n) is 4.90. The number of benzene rings is 1. The second-order valence-electron chi connectivity index (χ2n) is 3.14. The van der Waals surface area contributed by atoms with Crippen LogP contribution in [0.15, 0.2) is 29.4 Å². The Morgan fingerprint density at radius 3 is 2.21 bits per heavy atom. The van der Waals surface area contributed by atoms with Gasteiger partial charge in [0, 0.05) is 0 Å². The van der Waals surface area contributed by atoms with Crippen molar-refractivity contribution >= 4 is 5.69 Å². The molecular weight excluding hydrogens is 178 g/mol. The quantitative estimate of drug-likeness (QED) is 0.669. The third-order valence-corrected chi connectivity index (χ3v) is 2.16. The third-order valence-electron chi connectivity index (χ3n) is 2.16. The van der Waals surface area contributed by atoms with Crippen LogP contribution < -0.4 is 4.74 Å². The molecule has 1 aromatic rings. The van der Waals surface area contributed by atoms with E-state index in [4.69, 9.17) is 4.74 Å². The van der Waals surface area contributed by atoms with Gasteiger partial charge in [-0.1, -0.05) is 13.8 Å². The van der Waals surface area contributed by atoms with Gasteiger partial charge in [-0.3, -0.25) is 0 Å². The molecule has 0 aliphatic carbocycles. The molecule has 0 aliphatic rings. The summed E-state index contributed by atoms with van der Waals surface area (Å²) < 4.78 is 5.67. The minimum atomic E-state index is 0.255. The summed E-state index contributed by atoms with van der Waals surface area (Å²) >= 11 is 0. The second-order valence-corrected chi connectivity index (χ2v) is 3.14. The zero-order chi connectivity index (χ0) is 10.4. The maximum absolute atomic E-state index is 10.2. The SMILES string of the molecule is CCC(CC)Oc1ccc(N=O)cc1. The zero-order valence-electron chi connectivity index (χ0n) is 8.56. The van der Waals surface area contributed by atoms with Gasteiger partial charge in [-0.05, 0) is 42.3 Å². The molecule has 0 aliphatic heterocycles. The van der Waals surface area contributed by atoms with Crippen LogP contribution in [0.4, 0.5) is 5.69 Å². The fraction of sp³-hybridized carbons (Fsp3) is 0.455. The lowest BCUT2D eigenvalue weighted by Crippen LogP contribution is -2.13. The molecule has 0 radical (unpaired) electrons.